The molecule has 1 saturated carbocycles. The Morgan fingerprint density at radius 2 is 2.11 bits per heavy atom. The molecule has 2 aromatic heterocycles. The van der Waals surface area contributed by atoms with E-state index in [2.05, 4.69) is 4.98 Å². The Labute approximate surface area is 120 Å². The zero-order chi connectivity index (χ0) is 13.1. The third-order valence-electron chi connectivity index (χ3n) is 3.31. The summed E-state index contributed by atoms with van der Waals surface area (Å²) in [5.74, 6) is -0.273. The Morgan fingerprint density at radius 1 is 1.26 bits per heavy atom. The van der Waals surface area contributed by atoms with Crippen molar-refractivity contribution in [2.24, 2.45) is 0 Å². The molecule has 3 nitrogen and oxygen atoms in total. The van der Waals surface area contributed by atoms with Crippen LogP contribution in [0.25, 0.3) is 10.6 Å². The van der Waals surface area contributed by atoms with E-state index in [4.69, 9.17) is 4.74 Å². The van der Waals surface area contributed by atoms with E-state index in [0.29, 0.717) is 5.69 Å². The topological polar surface area (TPSA) is 39.2 Å². The molecule has 2 aromatic rings. The van der Waals surface area contributed by atoms with Gasteiger partial charge >= 0.3 is 5.97 Å². The Hall–Kier alpha value is -1.20. The molecule has 0 radical (unpaired) electrons. The minimum atomic E-state index is -0.273. The molecule has 2 heterocycles. The fourth-order valence-electron chi connectivity index (χ4n) is 2.28. The molecular weight excluding hydrogens is 278 g/mol. The summed E-state index contributed by atoms with van der Waals surface area (Å²) in [7, 11) is 0. The van der Waals surface area contributed by atoms with Gasteiger partial charge in [-0.1, -0.05) is 6.42 Å². The van der Waals surface area contributed by atoms with Crippen molar-refractivity contribution >= 4 is 28.6 Å². The van der Waals surface area contributed by atoms with Gasteiger partial charge in [-0.2, -0.15) is 11.3 Å². The quantitative estimate of drug-likeness (QED) is 0.789. The van der Waals surface area contributed by atoms with Crippen LogP contribution in [0.1, 0.15) is 42.6 Å². The van der Waals surface area contributed by atoms with Gasteiger partial charge in [0, 0.05) is 16.3 Å². The van der Waals surface area contributed by atoms with Gasteiger partial charge in [0.15, 0.2) is 5.69 Å². The molecule has 0 aliphatic heterocycles. The summed E-state index contributed by atoms with van der Waals surface area (Å²) < 4.78 is 5.52. The molecule has 0 unspecified atom stereocenters. The number of esters is 1. The number of carbonyl (C=O) groups is 1. The van der Waals surface area contributed by atoms with E-state index in [9.17, 15) is 4.79 Å². The van der Waals surface area contributed by atoms with Gasteiger partial charge in [-0.25, -0.2) is 9.78 Å². The lowest BCUT2D eigenvalue weighted by Gasteiger charge is -2.21. The number of thiophene rings is 1. The van der Waals surface area contributed by atoms with E-state index >= 15 is 0 Å². The van der Waals surface area contributed by atoms with Gasteiger partial charge in [0.2, 0.25) is 0 Å². The van der Waals surface area contributed by atoms with Gasteiger partial charge in [0.1, 0.15) is 11.1 Å². The summed E-state index contributed by atoms with van der Waals surface area (Å²) in [6.07, 6.45) is 5.66. The van der Waals surface area contributed by atoms with Crippen molar-refractivity contribution in [2.75, 3.05) is 0 Å². The van der Waals surface area contributed by atoms with Crippen LogP contribution in [0.4, 0.5) is 0 Å². The number of nitrogens with zero attached hydrogens (tertiary/aromatic N) is 1. The number of ether oxygens (including phenoxy) is 1. The van der Waals surface area contributed by atoms with Crippen molar-refractivity contribution < 1.29 is 9.53 Å². The average Bonchev–Trinajstić information content (AvgIpc) is 3.11. The average molecular weight is 293 g/mol. The molecular formula is C14H15NO2S2. The van der Waals surface area contributed by atoms with Crippen molar-refractivity contribution in [3.8, 4) is 10.6 Å². The van der Waals surface area contributed by atoms with Crippen LogP contribution in [-0.2, 0) is 4.74 Å². The molecule has 19 heavy (non-hydrogen) atoms. The fraction of sp³-hybridized carbons (Fsp3) is 0.429. The number of carbonyl (C=O) groups excluding carboxylic acids is 1. The van der Waals surface area contributed by atoms with Crippen molar-refractivity contribution in [3.63, 3.8) is 0 Å². The monoisotopic (exact) mass is 293 g/mol. The van der Waals surface area contributed by atoms with Crippen molar-refractivity contribution in [1.82, 2.24) is 4.98 Å². The van der Waals surface area contributed by atoms with E-state index in [1.54, 1.807) is 16.7 Å². The lowest BCUT2D eigenvalue weighted by atomic mass is 9.98. The summed E-state index contributed by atoms with van der Waals surface area (Å²) in [6, 6.07) is 2.01. The van der Waals surface area contributed by atoms with E-state index < -0.39 is 0 Å². The summed E-state index contributed by atoms with van der Waals surface area (Å²) in [5, 5.41) is 6.72. The van der Waals surface area contributed by atoms with Gasteiger partial charge in [-0.05, 0) is 37.1 Å². The molecule has 0 amide bonds. The van der Waals surface area contributed by atoms with Crippen LogP contribution in [0.15, 0.2) is 22.2 Å². The molecule has 100 valence electrons. The highest BCUT2D eigenvalue weighted by Gasteiger charge is 2.20. The van der Waals surface area contributed by atoms with E-state index in [-0.39, 0.29) is 12.1 Å². The lowest BCUT2D eigenvalue weighted by Crippen LogP contribution is -2.21. The SMILES string of the molecule is O=C(OC1CCCCC1)c1csc(-c2ccsc2)n1. The first-order valence-corrected chi connectivity index (χ1v) is 8.34. The van der Waals surface area contributed by atoms with Crippen molar-refractivity contribution in [3.05, 3.63) is 27.9 Å². The lowest BCUT2D eigenvalue weighted by molar-refractivity contribution is 0.0205. The van der Waals surface area contributed by atoms with Crippen LogP contribution in [0.2, 0.25) is 0 Å². The molecule has 1 aliphatic carbocycles. The van der Waals surface area contributed by atoms with Gasteiger partial charge in [0.05, 0.1) is 0 Å². The standard InChI is InChI=1S/C14H15NO2S2/c16-14(17-11-4-2-1-3-5-11)12-9-19-13(15-12)10-6-7-18-8-10/h6-9,11H,1-5H2. The van der Waals surface area contributed by atoms with Crippen LogP contribution in [0.5, 0.6) is 0 Å². The van der Waals surface area contributed by atoms with Gasteiger partial charge in [-0.15, -0.1) is 11.3 Å². The van der Waals surface area contributed by atoms with Crippen molar-refractivity contribution in [1.29, 1.82) is 0 Å². The highest BCUT2D eigenvalue weighted by atomic mass is 32.1. The number of hydrogen-bond donors (Lipinski definition) is 0. The van der Waals surface area contributed by atoms with Crippen LogP contribution < -0.4 is 0 Å². The minimum absolute atomic E-state index is 0.0903. The predicted molar refractivity (Wildman–Crippen MR) is 77.7 cm³/mol. The van der Waals surface area contributed by atoms with Crippen LogP contribution in [0, 0.1) is 0 Å². The van der Waals surface area contributed by atoms with E-state index in [1.807, 2.05) is 16.8 Å². The molecule has 0 N–H and O–H groups in total. The number of rotatable bonds is 3. The first-order chi connectivity index (χ1) is 9.33. The molecule has 0 bridgehead atoms. The second-order valence-electron chi connectivity index (χ2n) is 4.72. The largest absolute Gasteiger partial charge is 0.458 e. The smallest absolute Gasteiger partial charge is 0.358 e. The van der Waals surface area contributed by atoms with Gasteiger partial charge in [-0.3, -0.25) is 0 Å². The number of hydrogen-bond acceptors (Lipinski definition) is 5. The van der Waals surface area contributed by atoms with E-state index in [0.717, 1.165) is 36.3 Å². The van der Waals surface area contributed by atoms with Gasteiger partial charge < -0.3 is 4.74 Å². The zero-order valence-corrected chi connectivity index (χ0v) is 12.1. The maximum atomic E-state index is 12.0. The van der Waals surface area contributed by atoms with Crippen LogP contribution in [0.3, 0.4) is 0 Å². The molecule has 0 atom stereocenters. The summed E-state index contributed by atoms with van der Waals surface area (Å²) in [5.41, 5.74) is 1.52. The van der Waals surface area contributed by atoms with Crippen LogP contribution >= 0.6 is 22.7 Å². The molecule has 0 saturated heterocycles. The third kappa shape index (κ3) is 3.04. The second-order valence-corrected chi connectivity index (χ2v) is 6.35. The minimum Gasteiger partial charge on any atom is -0.458 e. The Balaban J connectivity index is 1.67. The molecule has 1 fully saturated rings. The predicted octanol–water partition coefficient (Wildman–Crippen LogP) is 4.36. The highest BCUT2D eigenvalue weighted by Crippen LogP contribution is 2.27. The molecule has 0 spiro atoms. The summed E-state index contributed by atoms with van der Waals surface area (Å²) in [4.78, 5) is 16.4. The normalized spacial score (nSPS) is 16.4. The fourth-order valence-corrected chi connectivity index (χ4v) is 3.78. The Morgan fingerprint density at radius 3 is 2.84 bits per heavy atom. The maximum Gasteiger partial charge on any atom is 0.358 e. The zero-order valence-electron chi connectivity index (χ0n) is 10.5. The Bertz CT molecular complexity index is 542. The van der Waals surface area contributed by atoms with Gasteiger partial charge in [0.25, 0.3) is 0 Å². The first kappa shape index (κ1) is 12.8. The second kappa shape index (κ2) is 5.84. The number of thiazole rings is 1. The van der Waals surface area contributed by atoms with Crippen molar-refractivity contribution in [2.45, 2.75) is 38.2 Å². The summed E-state index contributed by atoms with van der Waals surface area (Å²) >= 11 is 3.12. The molecule has 5 heteroatoms. The molecule has 0 aromatic carbocycles. The molecule has 1 aliphatic rings. The Kier molecular flexibility index (Phi) is 3.94. The third-order valence-corrected chi connectivity index (χ3v) is 4.88. The maximum absolute atomic E-state index is 12.0. The summed E-state index contributed by atoms with van der Waals surface area (Å²) in [6.45, 7) is 0. The number of aromatic nitrogens is 1. The first-order valence-electron chi connectivity index (χ1n) is 6.52. The van der Waals surface area contributed by atoms with E-state index in [1.165, 1.54) is 17.8 Å². The highest BCUT2D eigenvalue weighted by molar-refractivity contribution is 7.14. The molecule has 3 rings (SSSR count). The van der Waals surface area contributed by atoms with Crippen LogP contribution in [-0.4, -0.2) is 17.1 Å².